The molecule has 26 heavy (non-hydrogen) atoms. The van der Waals surface area contributed by atoms with E-state index in [2.05, 4.69) is 59.6 Å². The lowest BCUT2D eigenvalue weighted by atomic mass is 9.86. The maximum absolute atomic E-state index is 5.38. The van der Waals surface area contributed by atoms with Gasteiger partial charge in [0.15, 0.2) is 0 Å². The lowest BCUT2D eigenvalue weighted by molar-refractivity contribution is 0.417. The van der Waals surface area contributed by atoms with Crippen LogP contribution < -0.4 is 15.4 Å². The van der Waals surface area contributed by atoms with E-state index >= 15 is 0 Å². The Labute approximate surface area is 154 Å². The van der Waals surface area contributed by atoms with Gasteiger partial charge >= 0.3 is 0 Å². The molecule has 0 unspecified atom stereocenters. The standard InChI is InChI=1S/C21H24N4O/c1-21(2,3)15-9-5-6-10-16(15)24-19-13-20(23-14-22-19)25-17-11-7-8-12-18(17)26-4/h5-14H,1-4H3,(H2,22,23,24,25). The second kappa shape index (κ2) is 7.44. The van der Waals surface area contributed by atoms with Crippen LogP contribution in [0.2, 0.25) is 0 Å². The molecule has 0 amide bonds. The van der Waals surface area contributed by atoms with Gasteiger partial charge in [0.2, 0.25) is 0 Å². The van der Waals surface area contributed by atoms with Gasteiger partial charge in [-0.3, -0.25) is 0 Å². The van der Waals surface area contributed by atoms with Crippen LogP contribution in [0.25, 0.3) is 0 Å². The number of nitrogens with zero attached hydrogens (tertiary/aromatic N) is 2. The highest BCUT2D eigenvalue weighted by Gasteiger charge is 2.17. The third-order valence-corrected chi connectivity index (χ3v) is 4.03. The van der Waals surface area contributed by atoms with Gasteiger partial charge in [0.1, 0.15) is 23.7 Å². The second-order valence-corrected chi connectivity index (χ2v) is 7.03. The van der Waals surface area contributed by atoms with Crippen LogP contribution in [0.5, 0.6) is 5.75 Å². The van der Waals surface area contributed by atoms with Crippen molar-refractivity contribution in [2.24, 2.45) is 0 Å². The highest BCUT2D eigenvalue weighted by atomic mass is 16.5. The monoisotopic (exact) mass is 348 g/mol. The van der Waals surface area contributed by atoms with Crippen molar-refractivity contribution in [2.45, 2.75) is 26.2 Å². The molecule has 2 aromatic carbocycles. The molecule has 5 heteroatoms. The summed E-state index contributed by atoms with van der Waals surface area (Å²) in [4.78, 5) is 8.65. The molecular weight excluding hydrogens is 324 g/mol. The number of aromatic nitrogens is 2. The molecule has 0 aliphatic rings. The molecule has 0 radical (unpaired) electrons. The summed E-state index contributed by atoms with van der Waals surface area (Å²) in [6.45, 7) is 6.59. The molecule has 3 rings (SSSR count). The van der Waals surface area contributed by atoms with Crippen LogP contribution in [0.4, 0.5) is 23.0 Å². The van der Waals surface area contributed by atoms with Crippen LogP contribution >= 0.6 is 0 Å². The fourth-order valence-corrected chi connectivity index (χ4v) is 2.76. The number of benzene rings is 2. The fourth-order valence-electron chi connectivity index (χ4n) is 2.76. The average Bonchev–Trinajstić information content (AvgIpc) is 2.62. The average molecular weight is 348 g/mol. The molecule has 0 spiro atoms. The number of nitrogens with one attached hydrogen (secondary N) is 2. The number of rotatable bonds is 5. The Morgan fingerprint density at radius 2 is 1.38 bits per heavy atom. The summed E-state index contributed by atoms with van der Waals surface area (Å²) in [6.07, 6.45) is 1.54. The number of anilines is 4. The van der Waals surface area contributed by atoms with Gasteiger partial charge in [-0.2, -0.15) is 0 Å². The van der Waals surface area contributed by atoms with Gasteiger partial charge in [-0.15, -0.1) is 0 Å². The van der Waals surface area contributed by atoms with E-state index in [0.29, 0.717) is 5.82 Å². The maximum atomic E-state index is 5.38. The fraction of sp³-hybridized carbons (Fsp3) is 0.238. The van der Waals surface area contributed by atoms with Gasteiger partial charge in [-0.25, -0.2) is 9.97 Å². The van der Waals surface area contributed by atoms with Gasteiger partial charge < -0.3 is 15.4 Å². The molecule has 0 atom stereocenters. The Kier molecular flexibility index (Phi) is 5.07. The first-order valence-corrected chi connectivity index (χ1v) is 8.56. The van der Waals surface area contributed by atoms with E-state index in [1.165, 1.54) is 5.56 Å². The van der Waals surface area contributed by atoms with Gasteiger partial charge in [-0.1, -0.05) is 51.1 Å². The van der Waals surface area contributed by atoms with Crippen LogP contribution in [-0.2, 0) is 5.41 Å². The van der Waals surface area contributed by atoms with Crippen LogP contribution in [0.15, 0.2) is 60.9 Å². The second-order valence-electron chi connectivity index (χ2n) is 7.03. The Bertz CT molecular complexity index is 887. The summed E-state index contributed by atoms with van der Waals surface area (Å²) >= 11 is 0. The Hall–Kier alpha value is -3.08. The smallest absolute Gasteiger partial charge is 0.142 e. The molecule has 2 N–H and O–H groups in total. The quantitative estimate of drug-likeness (QED) is 0.658. The number of ether oxygens (including phenoxy) is 1. The summed E-state index contributed by atoms with van der Waals surface area (Å²) in [7, 11) is 1.65. The topological polar surface area (TPSA) is 59.1 Å². The van der Waals surface area contributed by atoms with E-state index in [1.54, 1.807) is 13.4 Å². The molecular formula is C21H24N4O. The van der Waals surface area contributed by atoms with Crippen LogP contribution in [-0.4, -0.2) is 17.1 Å². The molecule has 0 fully saturated rings. The largest absolute Gasteiger partial charge is 0.495 e. The number of methoxy groups -OCH3 is 1. The van der Waals surface area contributed by atoms with Crippen molar-refractivity contribution in [2.75, 3.05) is 17.7 Å². The van der Waals surface area contributed by atoms with E-state index in [-0.39, 0.29) is 5.41 Å². The summed E-state index contributed by atoms with van der Waals surface area (Å²) in [5.41, 5.74) is 3.17. The van der Waals surface area contributed by atoms with Crippen LogP contribution in [0.1, 0.15) is 26.3 Å². The summed E-state index contributed by atoms with van der Waals surface area (Å²) in [6, 6.07) is 17.9. The lowest BCUT2D eigenvalue weighted by Gasteiger charge is -2.23. The normalized spacial score (nSPS) is 11.1. The van der Waals surface area contributed by atoms with Crippen molar-refractivity contribution < 1.29 is 4.74 Å². The summed E-state index contributed by atoms with van der Waals surface area (Å²) < 4.78 is 5.38. The molecule has 5 nitrogen and oxygen atoms in total. The molecule has 0 bridgehead atoms. The van der Waals surface area contributed by atoms with Crippen LogP contribution in [0, 0.1) is 0 Å². The highest BCUT2D eigenvalue weighted by Crippen LogP contribution is 2.31. The SMILES string of the molecule is COc1ccccc1Nc1cc(Nc2ccccc2C(C)(C)C)ncn1. The van der Waals surface area contributed by atoms with Gasteiger partial charge in [0, 0.05) is 11.8 Å². The number of hydrogen-bond donors (Lipinski definition) is 2. The van der Waals surface area contributed by atoms with Crippen molar-refractivity contribution in [3.05, 3.63) is 66.5 Å². The van der Waals surface area contributed by atoms with Crippen molar-refractivity contribution in [1.29, 1.82) is 0 Å². The number of hydrogen-bond acceptors (Lipinski definition) is 5. The zero-order valence-electron chi connectivity index (χ0n) is 15.6. The Balaban J connectivity index is 1.85. The van der Waals surface area contributed by atoms with E-state index < -0.39 is 0 Å². The first kappa shape index (κ1) is 17.7. The molecule has 0 saturated heterocycles. The zero-order chi connectivity index (χ0) is 18.6. The minimum Gasteiger partial charge on any atom is -0.495 e. The first-order chi connectivity index (χ1) is 12.5. The third kappa shape index (κ3) is 4.11. The van der Waals surface area contributed by atoms with Crippen molar-refractivity contribution in [1.82, 2.24) is 9.97 Å². The predicted octanol–water partition coefficient (Wildman–Crippen LogP) is 5.27. The van der Waals surface area contributed by atoms with Gasteiger partial charge in [-0.05, 0) is 29.2 Å². The van der Waals surface area contributed by atoms with E-state index in [0.717, 1.165) is 22.9 Å². The molecule has 1 heterocycles. The van der Waals surface area contributed by atoms with Crippen molar-refractivity contribution in [3.8, 4) is 5.75 Å². The minimum atomic E-state index is 0.0368. The predicted molar refractivity (Wildman–Crippen MR) is 107 cm³/mol. The highest BCUT2D eigenvalue weighted by molar-refractivity contribution is 5.68. The summed E-state index contributed by atoms with van der Waals surface area (Å²) in [5.74, 6) is 2.19. The molecule has 0 saturated carbocycles. The van der Waals surface area contributed by atoms with Crippen LogP contribution in [0.3, 0.4) is 0 Å². The minimum absolute atomic E-state index is 0.0368. The maximum Gasteiger partial charge on any atom is 0.142 e. The Morgan fingerprint density at radius 1 is 0.808 bits per heavy atom. The molecule has 1 aromatic heterocycles. The molecule has 0 aliphatic carbocycles. The van der Waals surface area contributed by atoms with Gasteiger partial charge in [0.25, 0.3) is 0 Å². The third-order valence-electron chi connectivity index (χ3n) is 4.03. The molecule has 0 aliphatic heterocycles. The first-order valence-electron chi connectivity index (χ1n) is 8.56. The van der Waals surface area contributed by atoms with Crippen molar-refractivity contribution >= 4 is 23.0 Å². The zero-order valence-corrected chi connectivity index (χ0v) is 15.6. The molecule has 134 valence electrons. The van der Waals surface area contributed by atoms with Crippen molar-refractivity contribution in [3.63, 3.8) is 0 Å². The Morgan fingerprint density at radius 3 is 2.04 bits per heavy atom. The van der Waals surface area contributed by atoms with Gasteiger partial charge in [0.05, 0.1) is 12.8 Å². The molecule has 3 aromatic rings. The summed E-state index contributed by atoms with van der Waals surface area (Å²) in [5, 5.41) is 6.69. The number of para-hydroxylation sites is 3. The van der Waals surface area contributed by atoms with E-state index in [4.69, 9.17) is 4.74 Å². The van der Waals surface area contributed by atoms with E-state index in [1.807, 2.05) is 36.4 Å². The lowest BCUT2D eigenvalue weighted by Crippen LogP contribution is -2.13. The van der Waals surface area contributed by atoms with E-state index in [9.17, 15) is 0 Å².